The van der Waals surface area contributed by atoms with Crippen molar-refractivity contribution in [3.05, 3.63) is 23.3 Å². The van der Waals surface area contributed by atoms with Gasteiger partial charge in [-0.05, 0) is 52.5 Å². The van der Waals surface area contributed by atoms with Gasteiger partial charge in [-0.25, -0.2) is 0 Å². The summed E-state index contributed by atoms with van der Waals surface area (Å²) in [6.07, 6.45) is 5.86. The first-order valence-corrected chi connectivity index (χ1v) is 7.70. The first kappa shape index (κ1) is 16.9. The van der Waals surface area contributed by atoms with Crippen molar-refractivity contribution < 1.29 is 24.5 Å². The van der Waals surface area contributed by atoms with Gasteiger partial charge in [-0.1, -0.05) is 17.2 Å². The number of aliphatic hydroxyl groups excluding tert-OH is 1. The largest absolute Gasteiger partial charge is 0.455 e. The molecule has 0 unspecified atom stereocenters. The molecule has 0 amide bonds. The van der Waals surface area contributed by atoms with E-state index in [0.717, 1.165) is 12.0 Å². The number of carbonyl (C=O) groups is 2. The molecular weight excluding hydrogens is 284 g/mol. The van der Waals surface area contributed by atoms with Crippen LogP contribution < -0.4 is 0 Å². The number of hydrogen-bond donors (Lipinski definition) is 2. The highest BCUT2D eigenvalue weighted by molar-refractivity contribution is 6.08. The smallest absolute Gasteiger partial charge is 0.317 e. The van der Waals surface area contributed by atoms with Gasteiger partial charge in [0, 0.05) is 6.61 Å². The number of ether oxygens (including phenoxy) is 1. The van der Waals surface area contributed by atoms with Gasteiger partial charge in [0.05, 0.1) is 0 Å². The average Bonchev–Trinajstić information content (AvgIpc) is 2.79. The Morgan fingerprint density at radius 1 is 1.45 bits per heavy atom. The molecule has 5 nitrogen and oxygen atoms in total. The monoisotopic (exact) mass is 308 g/mol. The van der Waals surface area contributed by atoms with E-state index in [2.05, 4.69) is 0 Å². The normalized spacial score (nSPS) is 34.7. The first-order valence-electron chi connectivity index (χ1n) is 7.70. The minimum Gasteiger partial charge on any atom is -0.455 e. The predicted octanol–water partition coefficient (Wildman–Crippen LogP) is 1.68. The first-order chi connectivity index (χ1) is 10.3. The van der Waals surface area contributed by atoms with E-state index in [0.29, 0.717) is 24.8 Å². The van der Waals surface area contributed by atoms with Gasteiger partial charge in [0.25, 0.3) is 0 Å². The van der Waals surface area contributed by atoms with Crippen LogP contribution in [-0.2, 0) is 14.3 Å². The van der Waals surface area contributed by atoms with Gasteiger partial charge in [-0.2, -0.15) is 0 Å². The molecule has 2 aliphatic rings. The Hall–Kier alpha value is -1.46. The highest BCUT2D eigenvalue weighted by Crippen LogP contribution is 2.50. The Bertz CT molecular complexity index is 547. The van der Waals surface area contributed by atoms with Gasteiger partial charge in [-0.15, -0.1) is 0 Å². The molecule has 1 fully saturated rings. The van der Waals surface area contributed by atoms with Crippen molar-refractivity contribution in [2.75, 3.05) is 6.61 Å². The van der Waals surface area contributed by atoms with Crippen molar-refractivity contribution in [2.24, 2.45) is 5.92 Å². The lowest BCUT2D eigenvalue weighted by Crippen LogP contribution is -2.55. The van der Waals surface area contributed by atoms with Crippen LogP contribution in [0.4, 0.5) is 0 Å². The Morgan fingerprint density at radius 3 is 2.77 bits per heavy atom. The third-order valence-corrected chi connectivity index (χ3v) is 4.82. The molecule has 0 bridgehead atoms. The van der Waals surface area contributed by atoms with Crippen LogP contribution in [0.1, 0.15) is 46.5 Å². The maximum absolute atomic E-state index is 12.2. The van der Waals surface area contributed by atoms with Crippen LogP contribution in [0.15, 0.2) is 23.3 Å². The number of allylic oxidation sites excluding steroid dienone is 2. The van der Waals surface area contributed by atoms with Crippen molar-refractivity contribution in [2.45, 2.75) is 57.7 Å². The number of hydrogen-bond acceptors (Lipinski definition) is 5. The standard InChI is InChI=1S/C17H24O5/c1-11(7-5-9-18)6-4-8-16(3)17(21)13(19)10-12(2)14(17)15(20)22-16/h6,10,14,18,21H,4-5,7-9H2,1-3H3/b11-6+/t14-,16+,17-/m0/s1. The van der Waals surface area contributed by atoms with Crippen molar-refractivity contribution in [3.63, 3.8) is 0 Å². The predicted molar refractivity (Wildman–Crippen MR) is 81.0 cm³/mol. The lowest BCUT2D eigenvalue weighted by atomic mass is 9.74. The van der Waals surface area contributed by atoms with Gasteiger partial charge in [0.15, 0.2) is 11.4 Å². The number of cyclic esters (lactones) is 1. The summed E-state index contributed by atoms with van der Waals surface area (Å²) in [5, 5.41) is 19.7. The SMILES string of the molecule is CC1=CC(=O)[C@]2(O)[C@@H]1C(=O)O[C@]2(C)CC/C=C(\C)CCCO. The van der Waals surface area contributed by atoms with Gasteiger partial charge in [-0.3, -0.25) is 9.59 Å². The van der Waals surface area contributed by atoms with Gasteiger partial charge in [0.2, 0.25) is 0 Å². The fourth-order valence-corrected chi connectivity index (χ4v) is 3.45. The number of carbonyl (C=O) groups excluding carboxylic acids is 2. The zero-order valence-electron chi connectivity index (χ0n) is 13.4. The molecule has 22 heavy (non-hydrogen) atoms. The van der Waals surface area contributed by atoms with Crippen molar-refractivity contribution in [1.82, 2.24) is 0 Å². The Kier molecular flexibility index (Phi) is 4.59. The lowest BCUT2D eigenvalue weighted by molar-refractivity contribution is -0.161. The van der Waals surface area contributed by atoms with E-state index in [9.17, 15) is 14.7 Å². The van der Waals surface area contributed by atoms with Gasteiger partial charge >= 0.3 is 5.97 Å². The van der Waals surface area contributed by atoms with E-state index in [1.165, 1.54) is 6.08 Å². The molecule has 1 aliphatic carbocycles. The van der Waals surface area contributed by atoms with E-state index in [1.807, 2.05) is 13.0 Å². The Morgan fingerprint density at radius 2 is 2.14 bits per heavy atom. The van der Waals surface area contributed by atoms with E-state index in [4.69, 9.17) is 9.84 Å². The summed E-state index contributed by atoms with van der Waals surface area (Å²) >= 11 is 0. The summed E-state index contributed by atoms with van der Waals surface area (Å²) in [5.74, 6) is -1.83. The molecule has 122 valence electrons. The van der Waals surface area contributed by atoms with Crippen molar-refractivity contribution in [3.8, 4) is 0 Å². The van der Waals surface area contributed by atoms with Crippen molar-refractivity contribution in [1.29, 1.82) is 0 Å². The number of ketones is 1. The maximum Gasteiger partial charge on any atom is 0.317 e. The second kappa shape index (κ2) is 5.97. The molecule has 2 rings (SSSR count). The maximum atomic E-state index is 12.2. The fraction of sp³-hybridized carbons (Fsp3) is 0.647. The Labute approximate surface area is 130 Å². The van der Waals surface area contributed by atoms with E-state index >= 15 is 0 Å². The van der Waals surface area contributed by atoms with Crippen LogP contribution >= 0.6 is 0 Å². The molecule has 1 saturated heterocycles. The highest BCUT2D eigenvalue weighted by atomic mass is 16.6. The summed E-state index contributed by atoms with van der Waals surface area (Å²) in [6.45, 7) is 5.43. The van der Waals surface area contributed by atoms with Crippen LogP contribution in [0.5, 0.6) is 0 Å². The number of aliphatic hydroxyl groups is 2. The molecule has 3 atom stereocenters. The summed E-state index contributed by atoms with van der Waals surface area (Å²) in [4.78, 5) is 24.2. The molecule has 0 radical (unpaired) electrons. The molecule has 1 aliphatic heterocycles. The van der Waals surface area contributed by atoms with Crippen LogP contribution in [0.25, 0.3) is 0 Å². The molecule has 2 N–H and O–H groups in total. The zero-order chi connectivity index (χ0) is 16.5. The van der Waals surface area contributed by atoms with Crippen LogP contribution in [0.2, 0.25) is 0 Å². The van der Waals surface area contributed by atoms with E-state index < -0.39 is 28.9 Å². The van der Waals surface area contributed by atoms with Crippen LogP contribution in [0.3, 0.4) is 0 Å². The number of fused-ring (bicyclic) bond motifs is 1. The zero-order valence-corrected chi connectivity index (χ0v) is 13.4. The quantitative estimate of drug-likeness (QED) is 0.576. The minimum atomic E-state index is -1.78. The highest BCUT2D eigenvalue weighted by Gasteiger charge is 2.69. The molecule has 5 heteroatoms. The molecular formula is C17H24O5. The summed E-state index contributed by atoms with van der Waals surface area (Å²) < 4.78 is 5.40. The summed E-state index contributed by atoms with van der Waals surface area (Å²) in [7, 11) is 0. The number of rotatable bonds is 6. The van der Waals surface area contributed by atoms with Crippen molar-refractivity contribution >= 4 is 11.8 Å². The second-order valence-electron chi connectivity index (χ2n) is 6.52. The van der Waals surface area contributed by atoms with Crippen LogP contribution in [0, 0.1) is 5.92 Å². The summed E-state index contributed by atoms with van der Waals surface area (Å²) in [5.41, 5.74) is -1.28. The van der Waals surface area contributed by atoms with Crippen LogP contribution in [-0.4, -0.2) is 39.8 Å². The third-order valence-electron chi connectivity index (χ3n) is 4.82. The lowest BCUT2D eigenvalue weighted by Gasteiger charge is -2.35. The molecule has 0 saturated carbocycles. The molecule has 0 spiro atoms. The summed E-state index contributed by atoms with van der Waals surface area (Å²) in [6, 6.07) is 0. The fourth-order valence-electron chi connectivity index (χ4n) is 3.45. The van der Waals surface area contributed by atoms with E-state index in [1.54, 1.807) is 13.8 Å². The molecule has 1 heterocycles. The molecule has 0 aromatic rings. The average molecular weight is 308 g/mol. The molecule has 0 aromatic heterocycles. The minimum absolute atomic E-state index is 0.154. The third kappa shape index (κ3) is 2.52. The molecule has 0 aromatic carbocycles. The topological polar surface area (TPSA) is 83.8 Å². The van der Waals surface area contributed by atoms with E-state index in [-0.39, 0.29) is 6.61 Å². The van der Waals surface area contributed by atoms with Gasteiger partial charge in [0.1, 0.15) is 11.5 Å². The number of esters is 1. The second-order valence-corrected chi connectivity index (χ2v) is 6.52. The van der Waals surface area contributed by atoms with Gasteiger partial charge < -0.3 is 14.9 Å². The Balaban J connectivity index is 2.11.